The second kappa shape index (κ2) is 5.97. The first-order valence-corrected chi connectivity index (χ1v) is 6.71. The zero-order chi connectivity index (χ0) is 13.8. The summed E-state index contributed by atoms with van der Waals surface area (Å²) in [5, 5.41) is 14.0. The first kappa shape index (κ1) is 13.7. The van der Waals surface area contributed by atoms with E-state index in [1.165, 1.54) is 25.1 Å². The van der Waals surface area contributed by atoms with Gasteiger partial charge in [0.1, 0.15) is 12.0 Å². The summed E-state index contributed by atoms with van der Waals surface area (Å²) in [4.78, 5) is 14.4. The minimum Gasteiger partial charge on any atom is -0.366 e. The lowest BCUT2D eigenvalue weighted by Crippen LogP contribution is -2.39. The number of aryl methyl sites for hydroxylation is 1. The van der Waals surface area contributed by atoms with Gasteiger partial charge in [-0.15, -0.1) is 0 Å². The molecular formula is C13H20N4O2. The number of aromatic nitrogens is 1. The Bertz CT molecular complexity index is 464. The molecule has 2 rings (SSSR count). The van der Waals surface area contributed by atoms with Gasteiger partial charge in [0.15, 0.2) is 0 Å². The molecular weight excluding hydrogens is 244 g/mol. The molecule has 0 saturated heterocycles. The van der Waals surface area contributed by atoms with Gasteiger partial charge in [0.25, 0.3) is 5.69 Å². The number of nitrogens with zero attached hydrogens (tertiary/aromatic N) is 2. The Morgan fingerprint density at radius 3 is 2.84 bits per heavy atom. The Balaban J connectivity index is 2.11. The van der Waals surface area contributed by atoms with Gasteiger partial charge in [0, 0.05) is 18.2 Å². The molecule has 0 spiro atoms. The third-order valence-electron chi connectivity index (χ3n) is 3.67. The quantitative estimate of drug-likeness (QED) is 0.496. The van der Waals surface area contributed by atoms with Crippen molar-refractivity contribution in [3.8, 4) is 0 Å². The van der Waals surface area contributed by atoms with E-state index in [1.54, 1.807) is 0 Å². The number of nitrogens with two attached hydrogens (primary N) is 1. The van der Waals surface area contributed by atoms with Crippen LogP contribution < -0.4 is 11.1 Å². The van der Waals surface area contributed by atoms with Crippen molar-refractivity contribution in [3.63, 3.8) is 0 Å². The second-order valence-electron chi connectivity index (χ2n) is 5.17. The summed E-state index contributed by atoms with van der Waals surface area (Å²) in [6.45, 7) is 1.82. The monoisotopic (exact) mass is 264 g/mol. The van der Waals surface area contributed by atoms with Crippen molar-refractivity contribution < 1.29 is 4.92 Å². The molecule has 1 aromatic rings. The van der Waals surface area contributed by atoms with Crippen molar-refractivity contribution in [1.29, 1.82) is 0 Å². The van der Waals surface area contributed by atoms with Crippen molar-refractivity contribution in [2.45, 2.75) is 51.1 Å². The molecule has 2 atom stereocenters. The molecule has 1 aliphatic carbocycles. The molecule has 0 radical (unpaired) electrons. The highest BCUT2D eigenvalue weighted by atomic mass is 16.6. The summed E-state index contributed by atoms with van der Waals surface area (Å²) < 4.78 is 0. The standard InChI is InChI=1S/C13H20N4O2/c1-9-7-10(17(18)19)8-15-13(9)16-12-6-4-2-3-5-11(12)14/h7-8,11-12H,2-6,14H2,1H3,(H,15,16). The largest absolute Gasteiger partial charge is 0.366 e. The van der Waals surface area contributed by atoms with Gasteiger partial charge in [0.2, 0.25) is 0 Å². The molecule has 6 nitrogen and oxygen atoms in total. The Labute approximate surface area is 112 Å². The molecule has 2 unspecified atom stereocenters. The third-order valence-corrected chi connectivity index (χ3v) is 3.67. The number of rotatable bonds is 3. The van der Waals surface area contributed by atoms with Crippen LogP contribution in [0.5, 0.6) is 0 Å². The normalized spacial score (nSPS) is 23.7. The van der Waals surface area contributed by atoms with E-state index in [4.69, 9.17) is 5.73 Å². The smallest absolute Gasteiger partial charge is 0.287 e. The van der Waals surface area contributed by atoms with Crippen molar-refractivity contribution in [1.82, 2.24) is 4.98 Å². The van der Waals surface area contributed by atoms with Crippen LogP contribution in [0.2, 0.25) is 0 Å². The molecule has 104 valence electrons. The average molecular weight is 264 g/mol. The van der Waals surface area contributed by atoms with Crippen LogP contribution >= 0.6 is 0 Å². The summed E-state index contributed by atoms with van der Waals surface area (Å²) in [6.07, 6.45) is 6.89. The van der Waals surface area contributed by atoms with Gasteiger partial charge < -0.3 is 11.1 Å². The first-order chi connectivity index (χ1) is 9.08. The molecule has 1 heterocycles. The van der Waals surface area contributed by atoms with Gasteiger partial charge in [-0.25, -0.2) is 4.98 Å². The van der Waals surface area contributed by atoms with Crippen molar-refractivity contribution >= 4 is 11.5 Å². The maximum absolute atomic E-state index is 10.7. The molecule has 0 amide bonds. The van der Waals surface area contributed by atoms with Crippen LogP contribution in [0.3, 0.4) is 0 Å². The van der Waals surface area contributed by atoms with Gasteiger partial charge in [-0.1, -0.05) is 19.3 Å². The van der Waals surface area contributed by atoms with Crippen LogP contribution in [0.1, 0.15) is 37.7 Å². The van der Waals surface area contributed by atoms with Gasteiger partial charge in [-0.3, -0.25) is 10.1 Å². The van der Waals surface area contributed by atoms with Crippen LogP contribution in [-0.2, 0) is 0 Å². The summed E-state index contributed by atoms with van der Waals surface area (Å²) in [5.74, 6) is 0.702. The molecule has 6 heteroatoms. The lowest BCUT2D eigenvalue weighted by atomic mass is 10.0. The van der Waals surface area contributed by atoms with Crippen molar-refractivity contribution in [2.24, 2.45) is 5.73 Å². The molecule has 0 aliphatic heterocycles. The average Bonchev–Trinajstić information content (AvgIpc) is 2.57. The minimum absolute atomic E-state index is 0.0215. The number of anilines is 1. The first-order valence-electron chi connectivity index (χ1n) is 6.71. The van der Waals surface area contributed by atoms with Crippen LogP contribution in [0.15, 0.2) is 12.3 Å². The van der Waals surface area contributed by atoms with Gasteiger partial charge in [0.05, 0.1) is 4.92 Å². The molecule has 1 aromatic heterocycles. The highest BCUT2D eigenvalue weighted by Gasteiger charge is 2.21. The zero-order valence-corrected chi connectivity index (χ0v) is 11.1. The summed E-state index contributed by atoms with van der Waals surface area (Å²) >= 11 is 0. The van der Waals surface area contributed by atoms with E-state index in [-0.39, 0.29) is 17.8 Å². The highest BCUT2D eigenvalue weighted by Crippen LogP contribution is 2.23. The van der Waals surface area contributed by atoms with Crippen molar-refractivity contribution in [2.75, 3.05) is 5.32 Å². The van der Waals surface area contributed by atoms with E-state index < -0.39 is 4.92 Å². The van der Waals surface area contributed by atoms with E-state index in [9.17, 15) is 10.1 Å². The molecule has 1 aliphatic rings. The van der Waals surface area contributed by atoms with Crippen LogP contribution in [0, 0.1) is 17.0 Å². The molecule has 3 N–H and O–H groups in total. The predicted molar refractivity (Wildman–Crippen MR) is 74.1 cm³/mol. The van der Waals surface area contributed by atoms with Crippen LogP contribution in [0.4, 0.5) is 11.5 Å². The number of hydrogen-bond donors (Lipinski definition) is 2. The fraction of sp³-hybridized carbons (Fsp3) is 0.615. The lowest BCUT2D eigenvalue weighted by Gasteiger charge is -2.23. The molecule has 0 aromatic carbocycles. The molecule has 0 bridgehead atoms. The topological polar surface area (TPSA) is 94.1 Å². The lowest BCUT2D eigenvalue weighted by molar-refractivity contribution is -0.385. The number of pyridine rings is 1. The van der Waals surface area contributed by atoms with Gasteiger partial charge >= 0.3 is 0 Å². The summed E-state index contributed by atoms with van der Waals surface area (Å²) in [7, 11) is 0. The Morgan fingerprint density at radius 1 is 1.42 bits per heavy atom. The Kier molecular flexibility index (Phi) is 4.31. The summed E-state index contributed by atoms with van der Waals surface area (Å²) in [5.41, 5.74) is 6.96. The number of nitro groups is 1. The van der Waals surface area contributed by atoms with Gasteiger partial charge in [-0.2, -0.15) is 0 Å². The molecule has 1 fully saturated rings. The Hall–Kier alpha value is -1.69. The molecule has 19 heavy (non-hydrogen) atoms. The fourth-order valence-electron chi connectivity index (χ4n) is 2.50. The van der Waals surface area contributed by atoms with E-state index in [2.05, 4.69) is 10.3 Å². The minimum atomic E-state index is -0.429. The predicted octanol–water partition coefficient (Wildman–Crippen LogP) is 2.37. The van der Waals surface area contributed by atoms with E-state index in [0.717, 1.165) is 24.8 Å². The maximum atomic E-state index is 10.7. The SMILES string of the molecule is Cc1cc([N+](=O)[O-])cnc1NC1CCCCCC1N. The zero-order valence-electron chi connectivity index (χ0n) is 11.1. The van der Waals surface area contributed by atoms with Crippen LogP contribution in [-0.4, -0.2) is 22.0 Å². The van der Waals surface area contributed by atoms with E-state index >= 15 is 0 Å². The van der Waals surface area contributed by atoms with E-state index in [0.29, 0.717) is 5.82 Å². The van der Waals surface area contributed by atoms with E-state index in [1.807, 2.05) is 6.92 Å². The Morgan fingerprint density at radius 2 is 2.16 bits per heavy atom. The fourth-order valence-corrected chi connectivity index (χ4v) is 2.50. The molecule has 1 saturated carbocycles. The second-order valence-corrected chi connectivity index (χ2v) is 5.17. The number of nitrogens with one attached hydrogen (secondary N) is 1. The summed E-state index contributed by atoms with van der Waals surface area (Å²) in [6, 6.07) is 1.87. The van der Waals surface area contributed by atoms with Gasteiger partial charge in [-0.05, 0) is 25.3 Å². The maximum Gasteiger partial charge on any atom is 0.287 e. The highest BCUT2D eigenvalue weighted by molar-refractivity contribution is 5.49. The third kappa shape index (κ3) is 3.41. The number of hydrogen-bond acceptors (Lipinski definition) is 5. The van der Waals surface area contributed by atoms with Crippen molar-refractivity contribution in [3.05, 3.63) is 27.9 Å². The van der Waals surface area contributed by atoms with Crippen LogP contribution in [0.25, 0.3) is 0 Å².